The van der Waals surface area contributed by atoms with Gasteiger partial charge in [0.25, 0.3) is 5.56 Å². The first kappa shape index (κ1) is 21.3. The van der Waals surface area contributed by atoms with Gasteiger partial charge in [0.1, 0.15) is 4.70 Å². The number of thioether (sulfide) groups is 1. The van der Waals surface area contributed by atoms with Crippen LogP contribution in [-0.2, 0) is 17.8 Å². The van der Waals surface area contributed by atoms with Crippen molar-refractivity contribution in [2.24, 2.45) is 0 Å². The fraction of sp³-hybridized carbons (Fsp3) is 0.208. The second kappa shape index (κ2) is 9.49. The molecular formula is C24H23N3O2S2. The van der Waals surface area contributed by atoms with Gasteiger partial charge in [-0.2, -0.15) is 0 Å². The molecule has 1 N–H and O–H groups in total. The first-order chi connectivity index (χ1) is 15.1. The van der Waals surface area contributed by atoms with Crippen LogP contribution in [0.5, 0.6) is 0 Å². The van der Waals surface area contributed by atoms with Crippen molar-refractivity contribution in [3.8, 4) is 10.4 Å². The van der Waals surface area contributed by atoms with Crippen LogP contribution < -0.4 is 10.9 Å². The topological polar surface area (TPSA) is 64.0 Å². The number of aromatic nitrogens is 2. The monoisotopic (exact) mass is 449 g/mol. The first-order valence-electron chi connectivity index (χ1n) is 10.2. The van der Waals surface area contributed by atoms with Gasteiger partial charge in [-0.1, -0.05) is 61.2 Å². The molecule has 5 nitrogen and oxygen atoms in total. The minimum absolute atomic E-state index is 0.0572. The second-order valence-corrected chi connectivity index (χ2v) is 9.02. The third-order valence-electron chi connectivity index (χ3n) is 4.92. The third kappa shape index (κ3) is 4.73. The van der Waals surface area contributed by atoms with Crippen molar-refractivity contribution in [1.82, 2.24) is 9.55 Å². The number of aryl methyl sites for hydroxylation is 1. The molecule has 0 spiro atoms. The second-order valence-electron chi connectivity index (χ2n) is 7.03. The molecule has 1 amide bonds. The van der Waals surface area contributed by atoms with Crippen LogP contribution in [0, 0.1) is 0 Å². The van der Waals surface area contributed by atoms with Gasteiger partial charge in [-0.05, 0) is 42.7 Å². The minimum atomic E-state index is -0.120. The van der Waals surface area contributed by atoms with Crippen LogP contribution in [0.1, 0.15) is 19.4 Å². The van der Waals surface area contributed by atoms with Gasteiger partial charge in [-0.3, -0.25) is 14.2 Å². The van der Waals surface area contributed by atoms with Crippen LogP contribution >= 0.6 is 23.1 Å². The zero-order valence-corrected chi connectivity index (χ0v) is 19.1. The Morgan fingerprint density at radius 2 is 1.90 bits per heavy atom. The number of nitrogens with one attached hydrogen (secondary N) is 1. The Labute approximate surface area is 189 Å². The molecule has 0 saturated carbocycles. The Bertz CT molecular complexity index is 1280. The number of nitrogens with zero attached hydrogens (tertiary/aromatic N) is 2. The van der Waals surface area contributed by atoms with E-state index in [1.807, 2.05) is 67.6 Å². The molecule has 0 unspecified atom stereocenters. The van der Waals surface area contributed by atoms with Gasteiger partial charge in [0.15, 0.2) is 5.16 Å². The molecule has 2 aromatic carbocycles. The van der Waals surface area contributed by atoms with Crippen molar-refractivity contribution in [2.75, 3.05) is 11.1 Å². The summed E-state index contributed by atoms with van der Waals surface area (Å²) in [5.74, 6) is 0.0646. The van der Waals surface area contributed by atoms with Crippen LogP contribution in [0.2, 0.25) is 0 Å². The SMILES string of the molecule is CCc1cccc(NC(=O)CSc2nc3cc(-c4ccccc4)sc3c(=O)n2CC)c1. The zero-order valence-electron chi connectivity index (χ0n) is 17.4. The Balaban J connectivity index is 1.56. The summed E-state index contributed by atoms with van der Waals surface area (Å²) in [4.78, 5) is 31.3. The predicted molar refractivity (Wildman–Crippen MR) is 130 cm³/mol. The maximum absolute atomic E-state index is 13.1. The molecule has 0 atom stereocenters. The van der Waals surface area contributed by atoms with Gasteiger partial charge < -0.3 is 5.32 Å². The molecular weight excluding hydrogens is 426 g/mol. The fourth-order valence-electron chi connectivity index (χ4n) is 3.32. The van der Waals surface area contributed by atoms with Crippen LogP contribution in [0.4, 0.5) is 5.69 Å². The minimum Gasteiger partial charge on any atom is -0.325 e. The van der Waals surface area contributed by atoms with E-state index in [-0.39, 0.29) is 17.2 Å². The summed E-state index contributed by atoms with van der Waals surface area (Å²) in [6.07, 6.45) is 0.913. The first-order valence-corrected chi connectivity index (χ1v) is 12.0. The number of rotatable bonds is 7. The van der Waals surface area contributed by atoms with E-state index in [2.05, 4.69) is 12.2 Å². The summed E-state index contributed by atoms with van der Waals surface area (Å²) in [5.41, 5.74) is 3.64. The number of anilines is 1. The lowest BCUT2D eigenvalue weighted by molar-refractivity contribution is -0.113. The molecule has 4 aromatic rings. The Kier molecular flexibility index (Phi) is 6.53. The van der Waals surface area contributed by atoms with E-state index in [0.717, 1.165) is 22.5 Å². The molecule has 0 aliphatic carbocycles. The van der Waals surface area contributed by atoms with Crippen LogP contribution in [0.15, 0.2) is 70.6 Å². The maximum Gasteiger partial charge on any atom is 0.272 e. The summed E-state index contributed by atoms with van der Waals surface area (Å²) in [7, 11) is 0. The smallest absolute Gasteiger partial charge is 0.272 e. The maximum atomic E-state index is 13.1. The van der Waals surface area contributed by atoms with Gasteiger partial charge in [0.05, 0.1) is 11.3 Å². The van der Waals surface area contributed by atoms with Crippen LogP contribution in [0.25, 0.3) is 20.7 Å². The van der Waals surface area contributed by atoms with E-state index in [4.69, 9.17) is 4.98 Å². The summed E-state index contributed by atoms with van der Waals surface area (Å²) >= 11 is 2.75. The van der Waals surface area contributed by atoms with Crippen LogP contribution in [-0.4, -0.2) is 21.2 Å². The van der Waals surface area contributed by atoms with E-state index >= 15 is 0 Å². The Morgan fingerprint density at radius 3 is 2.65 bits per heavy atom. The van der Waals surface area contributed by atoms with Crippen LogP contribution in [0.3, 0.4) is 0 Å². The Morgan fingerprint density at radius 1 is 1.10 bits per heavy atom. The van der Waals surface area contributed by atoms with Gasteiger partial charge >= 0.3 is 0 Å². The number of carbonyl (C=O) groups excluding carboxylic acids is 1. The number of amides is 1. The van der Waals surface area contributed by atoms with E-state index < -0.39 is 0 Å². The zero-order chi connectivity index (χ0) is 21.8. The number of hydrogen-bond acceptors (Lipinski definition) is 5. The highest BCUT2D eigenvalue weighted by molar-refractivity contribution is 7.99. The van der Waals surface area contributed by atoms with E-state index in [9.17, 15) is 9.59 Å². The molecule has 0 aliphatic heterocycles. The molecule has 0 bridgehead atoms. The van der Waals surface area contributed by atoms with E-state index in [0.29, 0.717) is 21.9 Å². The van der Waals surface area contributed by atoms with Gasteiger partial charge in [-0.15, -0.1) is 11.3 Å². The molecule has 31 heavy (non-hydrogen) atoms. The van der Waals surface area contributed by atoms with E-state index in [1.165, 1.54) is 28.7 Å². The van der Waals surface area contributed by atoms with E-state index in [1.54, 1.807) is 4.57 Å². The van der Waals surface area contributed by atoms with Crippen molar-refractivity contribution in [3.63, 3.8) is 0 Å². The largest absolute Gasteiger partial charge is 0.325 e. The third-order valence-corrected chi connectivity index (χ3v) is 7.06. The molecule has 7 heteroatoms. The lowest BCUT2D eigenvalue weighted by atomic mass is 10.1. The number of benzene rings is 2. The highest BCUT2D eigenvalue weighted by Gasteiger charge is 2.16. The standard InChI is InChI=1S/C24H23N3O2S2/c1-3-16-9-8-12-18(13-16)25-21(28)15-30-24-26-19-14-20(17-10-6-5-7-11-17)31-22(19)23(29)27(24)4-2/h5-14H,3-4,15H2,1-2H3,(H,25,28). The van der Waals surface area contributed by atoms with Gasteiger partial charge in [0.2, 0.25) is 5.91 Å². The highest BCUT2D eigenvalue weighted by atomic mass is 32.2. The number of carbonyl (C=O) groups is 1. The summed E-state index contributed by atoms with van der Waals surface area (Å²) in [6.45, 7) is 4.50. The molecule has 0 aliphatic rings. The molecule has 4 rings (SSSR count). The lowest BCUT2D eigenvalue weighted by Gasteiger charge is -2.10. The van der Waals surface area contributed by atoms with Crippen molar-refractivity contribution in [1.29, 1.82) is 0 Å². The summed E-state index contributed by atoms with van der Waals surface area (Å²) in [6, 6.07) is 19.8. The summed E-state index contributed by atoms with van der Waals surface area (Å²) in [5, 5.41) is 3.49. The number of hydrogen-bond donors (Lipinski definition) is 1. The molecule has 2 heterocycles. The quantitative estimate of drug-likeness (QED) is 0.301. The molecule has 2 aromatic heterocycles. The van der Waals surface area contributed by atoms with Crippen molar-refractivity contribution >= 4 is 44.9 Å². The highest BCUT2D eigenvalue weighted by Crippen LogP contribution is 2.32. The number of thiophene rings is 1. The summed E-state index contributed by atoms with van der Waals surface area (Å²) < 4.78 is 2.29. The molecule has 0 radical (unpaired) electrons. The Hall–Kier alpha value is -2.90. The average Bonchev–Trinajstić information content (AvgIpc) is 3.23. The van der Waals surface area contributed by atoms with Crippen molar-refractivity contribution in [2.45, 2.75) is 32.0 Å². The lowest BCUT2D eigenvalue weighted by Crippen LogP contribution is -2.22. The molecule has 158 valence electrons. The van der Waals surface area contributed by atoms with Gasteiger partial charge in [0, 0.05) is 17.1 Å². The molecule has 0 saturated heterocycles. The predicted octanol–water partition coefficient (Wildman–Crippen LogP) is 5.44. The van der Waals surface area contributed by atoms with Crippen molar-refractivity contribution < 1.29 is 4.79 Å². The average molecular weight is 450 g/mol. The normalized spacial score (nSPS) is 11.0. The van der Waals surface area contributed by atoms with Crippen molar-refractivity contribution in [3.05, 3.63) is 76.6 Å². The molecule has 0 fully saturated rings. The van der Waals surface area contributed by atoms with Gasteiger partial charge in [-0.25, -0.2) is 4.98 Å². The number of fused-ring (bicyclic) bond motifs is 1. The fourth-order valence-corrected chi connectivity index (χ4v) is 5.23.